The molecule has 1 aliphatic heterocycles. The van der Waals surface area contributed by atoms with Crippen molar-refractivity contribution in [3.05, 3.63) is 0 Å². The van der Waals surface area contributed by atoms with Crippen LogP contribution in [0, 0.1) is 11.3 Å². The molecule has 1 heteroatoms. The standard InChI is InChI=1S/C11H21N/c1-2-11(7-8-12-9-11)10-5-3-4-6-10/h10,12H,2-9H2,1H3. The monoisotopic (exact) mass is 167 g/mol. The van der Waals surface area contributed by atoms with E-state index in [1.165, 1.54) is 51.6 Å². The van der Waals surface area contributed by atoms with E-state index >= 15 is 0 Å². The summed E-state index contributed by atoms with van der Waals surface area (Å²) < 4.78 is 0. The fourth-order valence-electron chi connectivity index (χ4n) is 3.24. The molecule has 70 valence electrons. The maximum absolute atomic E-state index is 3.54. The second kappa shape index (κ2) is 3.37. The molecule has 1 nitrogen and oxygen atoms in total. The van der Waals surface area contributed by atoms with Gasteiger partial charge in [-0.1, -0.05) is 19.8 Å². The Balaban J connectivity index is 2.04. The van der Waals surface area contributed by atoms with Crippen molar-refractivity contribution in [1.82, 2.24) is 5.32 Å². The highest BCUT2D eigenvalue weighted by molar-refractivity contribution is 4.93. The second-order valence-corrected chi connectivity index (χ2v) is 4.62. The molecule has 0 aromatic carbocycles. The van der Waals surface area contributed by atoms with Gasteiger partial charge in [-0.25, -0.2) is 0 Å². The SMILES string of the molecule is CCC1(C2CCCC2)CCNC1. The zero-order valence-electron chi connectivity index (χ0n) is 8.23. The van der Waals surface area contributed by atoms with Crippen LogP contribution in [-0.2, 0) is 0 Å². The van der Waals surface area contributed by atoms with Crippen LogP contribution in [0.15, 0.2) is 0 Å². The van der Waals surface area contributed by atoms with Gasteiger partial charge in [-0.2, -0.15) is 0 Å². The van der Waals surface area contributed by atoms with E-state index in [0.29, 0.717) is 5.41 Å². The molecule has 1 atom stereocenters. The normalized spacial score (nSPS) is 37.8. The molecule has 1 unspecified atom stereocenters. The molecule has 2 aliphatic rings. The van der Waals surface area contributed by atoms with Gasteiger partial charge in [-0.05, 0) is 43.6 Å². The van der Waals surface area contributed by atoms with Crippen molar-refractivity contribution in [3.8, 4) is 0 Å². The molecule has 1 heterocycles. The first-order chi connectivity index (χ1) is 5.87. The van der Waals surface area contributed by atoms with Crippen molar-refractivity contribution >= 4 is 0 Å². The Morgan fingerprint density at radius 2 is 2.08 bits per heavy atom. The lowest BCUT2D eigenvalue weighted by Crippen LogP contribution is -2.30. The topological polar surface area (TPSA) is 12.0 Å². The number of rotatable bonds is 2. The molecule has 0 amide bonds. The van der Waals surface area contributed by atoms with Gasteiger partial charge in [-0.15, -0.1) is 0 Å². The molecule has 2 rings (SSSR count). The highest BCUT2D eigenvalue weighted by Gasteiger charge is 2.40. The Bertz CT molecular complexity index is 141. The van der Waals surface area contributed by atoms with Gasteiger partial charge >= 0.3 is 0 Å². The van der Waals surface area contributed by atoms with E-state index in [4.69, 9.17) is 0 Å². The summed E-state index contributed by atoms with van der Waals surface area (Å²) in [7, 11) is 0. The van der Waals surface area contributed by atoms with Gasteiger partial charge in [0.25, 0.3) is 0 Å². The van der Waals surface area contributed by atoms with Crippen molar-refractivity contribution < 1.29 is 0 Å². The zero-order chi connectivity index (χ0) is 8.44. The van der Waals surface area contributed by atoms with Crippen LogP contribution in [-0.4, -0.2) is 13.1 Å². The number of hydrogen-bond donors (Lipinski definition) is 1. The van der Waals surface area contributed by atoms with Crippen molar-refractivity contribution in [2.45, 2.75) is 45.4 Å². The van der Waals surface area contributed by atoms with Gasteiger partial charge in [0, 0.05) is 6.54 Å². The summed E-state index contributed by atoms with van der Waals surface area (Å²) in [4.78, 5) is 0. The summed E-state index contributed by atoms with van der Waals surface area (Å²) in [6, 6.07) is 0. The van der Waals surface area contributed by atoms with Crippen LogP contribution in [0.3, 0.4) is 0 Å². The van der Waals surface area contributed by atoms with Crippen LogP contribution < -0.4 is 5.32 Å². The van der Waals surface area contributed by atoms with Crippen LogP contribution in [0.2, 0.25) is 0 Å². The van der Waals surface area contributed by atoms with E-state index in [-0.39, 0.29) is 0 Å². The van der Waals surface area contributed by atoms with E-state index in [0.717, 1.165) is 5.92 Å². The smallest absolute Gasteiger partial charge is 0.00108 e. The van der Waals surface area contributed by atoms with Crippen LogP contribution in [0.25, 0.3) is 0 Å². The minimum atomic E-state index is 0.705. The minimum absolute atomic E-state index is 0.705. The molecule has 1 N–H and O–H groups in total. The first kappa shape index (κ1) is 8.55. The predicted molar refractivity (Wildman–Crippen MR) is 52.2 cm³/mol. The van der Waals surface area contributed by atoms with Gasteiger partial charge in [0.1, 0.15) is 0 Å². The molecule has 0 bridgehead atoms. The Kier molecular flexibility index (Phi) is 2.40. The highest BCUT2D eigenvalue weighted by atomic mass is 14.9. The summed E-state index contributed by atoms with van der Waals surface area (Å²) in [6.07, 6.45) is 8.84. The molecule has 0 radical (unpaired) electrons. The third-order valence-corrected chi connectivity index (χ3v) is 4.20. The highest BCUT2D eigenvalue weighted by Crippen LogP contribution is 2.45. The largest absolute Gasteiger partial charge is 0.316 e. The average molecular weight is 167 g/mol. The second-order valence-electron chi connectivity index (χ2n) is 4.62. The Morgan fingerprint density at radius 1 is 1.33 bits per heavy atom. The Morgan fingerprint density at radius 3 is 2.58 bits per heavy atom. The summed E-state index contributed by atoms with van der Waals surface area (Å²) in [5, 5.41) is 3.54. The number of hydrogen-bond acceptors (Lipinski definition) is 1. The fourth-order valence-corrected chi connectivity index (χ4v) is 3.24. The molecule has 0 aromatic rings. The van der Waals surface area contributed by atoms with Gasteiger partial charge in [0.15, 0.2) is 0 Å². The molecule has 1 saturated heterocycles. The maximum atomic E-state index is 3.54. The minimum Gasteiger partial charge on any atom is -0.316 e. The van der Waals surface area contributed by atoms with Crippen molar-refractivity contribution in [1.29, 1.82) is 0 Å². The van der Waals surface area contributed by atoms with Crippen molar-refractivity contribution in [3.63, 3.8) is 0 Å². The maximum Gasteiger partial charge on any atom is 0.00108 e. The van der Waals surface area contributed by atoms with Crippen LogP contribution >= 0.6 is 0 Å². The quantitative estimate of drug-likeness (QED) is 0.666. The summed E-state index contributed by atoms with van der Waals surface area (Å²) in [6.45, 7) is 4.95. The van der Waals surface area contributed by atoms with E-state index in [9.17, 15) is 0 Å². The summed E-state index contributed by atoms with van der Waals surface area (Å²) in [5.74, 6) is 1.05. The van der Waals surface area contributed by atoms with Crippen molar-refractivity contribution in [2.75, 3.05) is 13.1 Å². The van der Waals surface area contributed by atoms with Crippen LogP contribution in [0.5, 0.6) is 0 Å². The predicted octanol–water partition coefficient (Wildman–Crippen LogP) is 2.57. The lowest BCUT2D eigenvalue weighted by atomic mass is 9.72. The Hall–Kier alpha value is -0.0400. The van der Waals surface area contributed by atoms with Gasteiger partial charge in [0.05, 0.1) is 0 Å². The van der Waals surface area contributed by atoms with Crippen LogP contribution in [0.4, 0.5) is 0 Å². The van der Waals surface area contributed by atoms with E-state index < -0.39 is 0 Å². The molecule has 0 aromatic heterocycles. The zero-order valence-corrected chi connectivity index (χ0v) is 8.23. The molecule has 2 fully saturated rings. The van der Waals surface area contributed by atoms with E-state index in [1.807, 2.05) is 0 Å². The Labute approximate surface area is 75.9 Å². The van der Waals surface area contributed by atoms with Gasteiger partial charge < -0.3 is 5.32 Å². The average Bonchev–Trinajstić information content (AvgIpc) is 2.76. The molecular formula is C11H21N. The number of nitrogens with one attached hydrogen (secondary N) is 1. The van der Waals surface area contributed by atoms with Crippen molar-refractivity contribution in [2.24, 2.45) is 11.3 Å². The lowest BCUT2D eigenvalue weighted by molar-refractivity contribution is 0.180. The first-order valence-corrected chi connectivity index (χ1v) is 5.58. The molecular weight excluding hydrogens is 146 g/mol. The molecule has 12 heavy (non-hydrogen) atoms. The molecule has 1 saturated carbocycles. The molecule has 1 aliphatic carbocycles. The van der Waals surface area contributed by atoms with E-state index in [1.54, 1.807) is 0 Å². The fraction of sp³-hybridized carbons (Fsp3) is 1.00. The third kappa shape index (κ3) is 1.28. The third-order valence-electron chi connectivity index (χ3n) is 4.20. The van der Waals surface area contributed by atoms with Gasteiger partial charge in [-0.3, -0.25) is 0 Å². The lowest BCUT2D eigenvalue weighted by Gasteiger charge is -2.33. The first-order valence-electron chi connectivity index (χ1n) is 5.58. The summed E-state index contributed by atoms with van der Waals surface area (Å²) >= 11 is 0. The van der Waals surface area contributed by atoms with Gasteiger partial charge in [0.2, 0.25) is 0 Å². The summed E-state index contributed by atoms with van der Waals surface area (Å²) in [5.41, 5.74) is 0.705. The van der Waals surface area contributed by atoms with Crippen LogP contribution in [0.1, 0.15) is 45.4 Å². The molecule has 0 spiro atoms. The van der Waals surface area contributed by atoms with E-state index in [2.05, 4.69) is 12.2 Å².